The van der Waals surface area contributed by atoms with Crippen molar-refractivity contribution in [3.05, 3.63) is 70.8 Å². The van der Waals surface area contributed by atoms with Crippen molar-refractivity contribution in [3.63, 3.8) is 0 Å². The topological polar surface area (TPSA) is 235 Å². The van der Waals surface area contributed by atoms with Crippen molar-refractivity contribution in [2.24, 2.45) is 11.8 Å². The lowest BCUT2D eigenvalue weighted by molar-refractivity contribution is -0.144. The van der Waals surface area contributed by atoms with Gasteiger partial charge in [0.2, 0.25) is 35.4 Å². The van der Waals surface area contributed by atoms with Gasteiger partial charge >= 0.3 is 12.2 Å². The van der Waals surface area contributed by atoms with E-state index in [9.17, 15) is 38.4 Å². The van der Waals surface area contributed by atoms with E-state index in [0.29, 0.717) is 51.6 Å². The van der Waals surface area contributed by atoms with E-state index in [4.69, 9.17) is 18.9 Å². The van der Waals surface area contributed by atoms with E-state index < -0.39 is 95.7 Å². The minimum atomic E-state index is -0.916. The highest BCUT2D eigenvalue weighted by atomic mass is 16.6. The zero-order chi connectivity index (χ0) is 63.5. The quantitative estimate of drug-likeness (QED) is 0.108. The highest BCUT2D eigenvalue weighted by molar-refractivity contribution is 5.96. The molecule has 2 aromatic rings. The summed E-state index contributed by atoms with van der Waals surface area (Å²) in [6, 6.07) is 9.62. The van der Waals surface area contributed by atoms with Gasteiger partial charge in [0.15, 0.2) is 0 Å². The SMILES string of the molecule is C[C@@H](C(=O)N[C@H](C(=O)N1CCC[C@H]1C(=O)N[C@@H]1c2ccccc2C[C@H]1OCC#CC#CCO[C@@H]1Cc2ccccc2[C@@H]1NC(=O)[C@@H]1CCCN1C(=O)[C@@H](NC(=O)[C@H](C)N(C)C(=O)OC(C)(C)C)C1CCCCC1)C1CCCCC1)N(C)C(=O)OC(C)(C)C. The molecule has 8 amide bonds. The molecule has 20 nitrogen and oxygen atoms in total. The lowest BCUT2D eigenvalue weighted by Gasteiger charge is -2.36. The van der Waals surface area contributed by atoms with Gasteiger partial charge in [-0.25, -0.2) is 9.59 Å². The van der Waals surface area contributed by atoms with Crippen LogP contribution in [0, 0.1) is 35.5 Å². The summed E-state index contributed by atoms with van der Waals surface area (Å²) < 4.78 is 23.8. The maximum atomic E-state index is 14.7. The van der Waals surface area contributed by atoms with Crippen LogP contribution < -0.4 is 21.3 Å². The van der Waals surface area contributed by atoms with E-state index in [1.165, 1.54) is 23.9 Å². The monoisotopic (exact) mass is 1210 g/mol. The highest BCUT2D eigenvalue weighted by Crippen LogP contribution is 2.37. The molecule has 8 rings (SSSR count). The number of carbonyl (C=O) groups is 8. The van der Waals surface area contributed by atoms with Gasteiger partial charge in [-0.2, -0.15) is 0 Å². The van der Waals surface area contributed by atoms with Crippen LogP contribution >= 0.6 is 0 Å². The van der Waals surface area contributed by atoms with Crippen molar-refractivity contribution >= 4 is 47.6 Å². The second-order valence-electron chi connectivity index (χ2n) is 26.8. The van der Waals surface area contributed by atoms with Gasteiger partial charge in [-0.05, 0) is 153 Å². The van der Waals surface area contributed by atoms with Gasteiger partial charge in [0, 0.05) is 40.0 Å². The Bertz CT molecular complexity index is 2780. The van der Waals surface area contributed by atoms with Gasteiger partial charge in [0.1, 0.15) is 60.7 Å². The number of carbonyl (C=O) groups excluding carboxylic acids is 8. The molecular formula is C68H94N8O12. The van der Waals surface area contributed by atoms with Gasteiger partial charge < -0.3 is 50.0 Å². The Morgan fingerprint density at radius 2 is 0.898 bits per heavy atom. The summed E-state index contributed by atoms with van der Waals surface area (Å²) in [7, 11) is 3.00. The summed E-state index contributed by atoms with van der Waals surface area (Å²) in [6.07, 6.45) is 9.88. The molecule has 478 valence electrons. The molecule has 2 aliphatic heterocycles. The number of hydrogen-bond donors (Lipinski definition) is 4. The normalized spacial score (nSPS) is 23.2. The maximum absolute atomic E-state index is 14.7. The molecule has 0 spiro atoms. The fraction of sp³-hybridized carbons (Fsp3) is 0.647. The average molecular weight is 1220 g/mol. The predicted octanol–water partition coefficient (Wildman–Crippen LogP) is 7.21. The Morgan fingerprint density at radius 3 is 1.26 bits per heavy atom. The van der Waals surface area contributed by atoms with Crippen molar-refractivity contribution < 1.29 is 57.3 Å². The standard InChI is InChI=1S/C68H94N8O12/c1-43(73(9)65(83)87-67(3,4)5)59(77)69-55(45-27-15-13-16-28-45)63(81)75-37-25-35-51(75)61(79)71-57-49-33-21-19-31-47(49)41-53(57)85-39-23-11-12-24-40-86-54-42-48-32-20-22-34-50(48)58(54)72-62(80)52-36-26-38-76(52)64(82)56(46-29-17-14-18-30-46)70-60(78)44(2)74(10)66(84)88-68(6,7)8/h19-22,31-34,43-46,51-58H,13-18,25-30,35-42H2,1-10H3,(H,69,77)(H,70,78)(H,71,79)(H,72,80)/t43-,44-,51-,52-,53+,54+,55-,56-,57-,58+/m0/s1. The first-order chi connectivity index (χ1) is 41.9. The number of amides is 8. The lowest BCUT2D eigenvalue weighted by Crippen LogP contribution is -2.59. The molecule has 0 aromatic heterocycles. The Kier molecular flexibility index (Phi) is 22.7. The van der Waals surface area contributed by atoms with E-state index in [0.717, 1.165) is 86.5 Å². The molecule has 4 aliphatic carbocycles. The molecular weight excluding hydrogens is 1120 g/mol. The van der Waals surface area contributed by atoms with Crippen LogP contribution in [0.4, 0.5) is 9.59 Å². The first-order valence-corrected chi connectivity index (χ1v) is 32.0. The number of likely N-dealkylation sites (N-methyl/N-ethyl adjacent to an activating group) is 2. The van der Waals surface area contributed by atoms with Crippen molar-refractivity contribution in [2.75, 3.05) is 40.4 Å². The predicted molar refractivity (Wildman–Crippen MR) is 330 cm³/mol. The second-order valence-corrected chi connectivity index (χ2v) is 26.8. The van der Waals surface area contributed by atoms with E-state index in [-0.39, 0.29) is 48.7 Å². The highest BCUT2D eigenvalue weighted by Gasteiger charge is 2.46. The number of ether oxygens (including phenoxy) is 4. The van der Waals surface area contributed by atoms with Gasteiger partial charge in [0.25, 0.3) is 0 Å². The number of fused-ring (bicyclic) bond motifs is 2. The third-order valence-corrected chi connectivity index (χ3v) is 18.3. The Labute approximate surface area is 520 Å². The first kappa shape index (κ1) is 66.8. The van der Waals surface area contributed by atoms with E-state index in [1.54, 1.807) is 65.2 Å². The Hall–Kier alpha value is -7.16. The summed E-state index contributed by atoms with van der Waals surface area (Å²) in [4.78, 5) is 117. The van der Waals surface area contributed by atoms with Gasteiger partial charge in [-0.3, -0.25) is 38.6 Å². The Balaban J connectivity index is 0.862. The summed E-state index contributed by atoms with van der Waals surface area (Å²) >= 11 is 0. The molecule has 2 heterocycles. The van der Waals surface area contributed by atoms with Crippen LogP contribution in [0.3, 0.4) is 0 Å². The molecule has 2 saturated carbocycles. The van der Waals surface area contributed by atoms with E-state index >= 15 is 0 Å². The fourth-order valence-electron chi connectivity index (χ4n) is 13.3. The van der Waals surface area contributed by atoms with Crippen molar-refractivity contribution in [2.45, 2.75) is 230 Å². The number of nitrogens with zero attached hydrogens (tertiary/aromatic N) is 4. The molecule has 2 saturated heterocycles. The van der Waals surface area contributed by atoms with Crippen LogP contribution in [-0.2, 0) is 60.6 Å². The fourth-order valence-corrected chi connectivity index (χ4v) is 13.3. The van der Waals surface area contributed by atoms with Crippen molar-refractivity contribution in [1.82, 2.24) is 40.9 Å². The Morgan fingerprint density at radius 1 is 0.534 bits per heavy atom. The summed E-state index contributed by atoms with van der Waals surface area (Å²) in [6.45, 7) is 14.5. The number of likely N-dealkylation sites (tertiary alicyclic amines) is 2. The van der Waals surface area contributed by atoms with Crippen LogP contribution in [0.1, 0.15) is 180 Å². The molecule has 6 aliphatic rings. The minimum absolute atomic E-state index is 0.0317. The summed E-state index contributed by atoms with van der Waals surface area (Å²) in [5.41, 5.74) is 2.41. The zero-order valence-corrected chi connectivity index (χ0v) is 53.4. The number of nitrogens with one attached hydrogen (secondary N) is 4. The molecule has 0 unspecified atom stereocenters. The molecule has 0 bridgehead atoms. The lowest BCUT2D eigenvalue weighted by atomic mass is 9.83. The minimum Gasteiger partial charge on any atom is -0.444 e. The smallest absolute Gasteiger partial charge is 0.410 e. The van der Waals surface area contributed by atoms with E-state index in [1.807, 2.05) is 48.5 Å². The second kappa shape index (κ2) is 29.9. The molecule has 2 aromatic carbocycles. The van der Waals surface area contributed by atoms with Crippen molar-refractivity contribution in [3.8, 4) is 23.7 Å². The molecule has 20 heteroatoms. The van der Waals surface area contributed by atoms with Gasteiger partial charge in [-0.15, -0.1) is 0 Å². The molecule has 0 radical (unpaired) electrons. The number of rotatable bonds is 18. The average Bonchev–Trinajstić information content (AvgIpc) is 2.32. The third-order valence-electron chi connectivity index (χ3n) is 18.3. The number of benzene rings is 2. The molecule has 4 N–H and O–H groups in total. The third kappa shape index (κ3) is 17.0. The number of hydrogen-bond acceptors (Lipinski definition) is 12. The van der Waals surface area contributed by atoms with Gasteiger partial charge in [0.05, 0.1) is 24.3 Å². The maximum Gasteiger partial charge on any atom is 0.410 e. The van der Waals surface area contributed by atoms with Crippen LogP contribution in [0.15, 0.2) is 48.5 Å². The van der Waals surface area contributed by atoms with Crippen molar-refractivity contribution in [1.29, 1.82) is 0 Å². The van der Waals surface area contributed by atoms with Crippen LogP contribution in [0.5, 0.6) is 0 Å². The van der Waals surface area contributed by atoms with E-state index in [2.05, 4.69) is 44.9 Å². The van der Waals surface area contributed by atoms with Crippen LogP contribution in [0.25, 0.3) is 0 Å². The molecule has 10 atom stereocenters. The molecule has 4 fully saturated rings. The first-order valence-electron chi connectivity index (χ1n) is 32.0. The van der Waals surface area contributed by atoms with Crippen LogP contribution in [0.2, 0.25) is 0 Å². The zero-order valence-electron chi connectivity index (χ0n) is 53.4. The van der Waals surface area contributed by atoms with Gasteiger partial charge in [-0.1, -0.05) is 98.9 Å². The largest absolute Gasteiger partial charge is 0.444 e. The summed E-state index contributed by atoms with van der Waals surface area (Å²) in [5, 5.41) is 12.5. The molecule has 88 heavy (non-hydrogen) atoms. The van der Waals surface area contributed by atoms with Crippen LogP contribution in [-0.4, -0.2) is 167 Å². The summed E-state index contributed by atoms with van der Waals surface area (Å²) in [5.74, 6) is 9.38.